The van der Waals surface area contributed by atoms with Gasteiger partial charge in [0.25, 0.3) is 0 Å². The quantitative estimate of drug-likeness (QED) is 0.608. The standard InChI is InChI=1S/C10H10N2/c11-6-10-8-12(10)7-9-4-2-1-3-5-9/h1-5,10H,7-8H2. The molecular weight excluding hydrogens is 148 g/mol. The van der Waals surface area contributed by atoms with Gasteiger partial charge >= 0.3 is 0 Å². The largest absolute Gasteiger partial charge is 0.280 e. The van der Waals surface area contributed by atoms with Crippen LogP contribution in [-0.4, -0.2) is 17.5 Å². The van der Waals surface area contributed by atoms with E-state index in [1.165, 1.54) is 5.56 Å². The summed E-state index contributed by atoms with van der Waals surface area (Å²) in [5, 5.41) is 8.56. The topological polar surface area (TPSA) is 26.8 Å². The molecule has 2 unspecified atom stereocenters. The first-order chi connectivity index (χ1) is 5.90. The summed E-state index contributed by atoms with van der Waals surface area (Å²) in [4.78, 5) is 2.15. The molecule has 0 aromatic heterocycles. The maximum absolute atomic E-state index is 8.56. The summed E-state index contributed by atoms with van der Waals surface area (Å²) >= 11 is 0. The molecule has 0 saturated carbocycles. The zero-order valence-electron chi connectivity index (χ0n) is 6.77. The van der Waals surface area contributed by atoms with Crippen molar-refractivity contribution in [3.8, 4) is 6.07 Å². The lowest BCUT2D eigenvalue weighted by Crippen LogP contribution is -1.99. The van der Waals surface area contributed by atoms with E-state index in [-0.39, 0.29) is 6.04 Å². The second-order valence-electron chi connectivity index (χ2n) is 3.06. The molecule has 0 radical (unpaired) electrons. The fourth-order valence-electron chi connectivity index (χ4n) is 1.29. The maximum atomic E-state index is 8.56. The van der Waals surface area contributed by atoms with Crippen molar-refractivity contribution < 1.29 is 0 Å². The molecule has 1 aliphatic rings. The third kappa shape index (κ3) is 1.46. The lowest BCUT2D eigenvalue weighted by atomic mass is 10.2. The van der Waals surface area contributed by atoms with Gasteiger partial charge in [-0.15, -0.1) is 0 Å². The van der Waals surface area contributed by atoms with Crippen molar-refractivity contribution in [1.29, 1.82) is 5.26 Å². The van der Waals surface area contributed by atoms with Crippen molar-refractivity contribution in [2.45, 2.75) is 12.6 Å². The molecule has 1 fully saturated rings. The molecule has 1 saturated heterocycles. The predicted octanol–water partition coefficient (Wildman–Crippen LogP) is 1.39. The normalized spacial score (nSPS) is 26.2. The Labute approximate surface area is 72.0 Å². The van der Waals surface area contributed by atoms with Crippen LogP contribution in [0.3, 0.4) is 0 Å². The highest BCUT2D eigenvalue weighted by atomic mass is 15.3. The van der Waals surface area contributed by atoms with E-state index in [0.717, 1.165) is 13.1 Å². The first kappa shape index (κ1) is 7.33. The highest BCUT2D eigenvalue weighted by Crippen LogP contribution is 2.19. The van der Waals surface area contributed by atoms with Crippen LogP contribution in [0, 0.1) is 11.3 Å². The summed E-state index contributed by atoms with van der Waals surface area (Å²) < 4.78 is 0. The average Bonchev–Trinajstić information content (AvgIpc) is 2.85. The molecule has 1 aromatic carbocycles. The average molecular weight is 158 g/mol. The van der Waals surface area contributed by atoms with Gasteiger partial charge in [-0.25, -0.2) is 0 Å². The first-order valence-corrected chi connectivity index (χ1v) is 4.08. The predicted molar refractivity (Wildman–Crippen MR) is 46.3 cm³/mol. The summed E-state index contributed by atoms with van der Waals surface area (Å²) in [6, 6.07) is 12.7. The SMILES string of the molecule is N#CC1CN1Cc1ccccc1. The minimum Gasteiger partial charge on any atom is -0.280 e. The molecule has 0 amide bonds. The monoisotopic (exact) mass is 158 g/mol. The van der Waals surface area contributed by atoms with Gasteiger partial charge in [0, 0.05) is 13.1 Å². The Balaban J connectivity index is 1.95. The number of hydrogen-bond donors (Lipinski definition) is 0. The van der Waals surface area contributed by atoms with Crippen molar-refractivity contribution >= 4 is 0 Å². The van der Waals surface area contributed by atoms with Gasteiger partial charge in [0.05, 0.1) is 6.07 Å². The van der Waals surface area contributed by atoms with E-state index in [1.54, 1.807) is 0 Å². The highest BCUT2D eigenvalue weighted by Gasteiger charge is 2.33. The van der Waals surface area contributed by atoms with Crippen molar-refractivity contribution in [3.05, 3.63) is 35.9 Å². The van der Waals surface area contributed by atoms with Crippen LogP contribution in [0.15, 0.2) is 30.3 Å². The van der Waals surface area contributed by atoms with Gasteiger partial charge in [0.2, 0.25) is 0 Å². The Bertz CT molecular complexity index is 299. The van der Waals surface area contributed by atoms with E-state index in [9.17, 15) is 0 Å². The van der Waals surface area contributed by atoms with E-state index in [2.05, 4.69) is 23.1 Å². The Morgan fingerprint density at radius 2 is 2.17 bits per heavy atom. The van der Waals surface area contributed by atoms with Crippen molar-refractivity contribution in [3.63, 3.8) is 0 Å². The van der Waals surface area contributed by atoms with Crippen LogP contribution in [0.2, 0.25) is 0 Å². The number of nitrogens with zero attached hydrogens (tertiary/aromatic N) is 2. The van der Waals surface area contributed by atoms with Gasteiger partial charge in [0.1, 0.15) is 6.04 Å². The lowest BCUT2D eigenvalue weighted by Gasteiger charge is -1.99. The molecule has 1 aliphatic heterocycles. The second-order valence-corrected chi connectivity index (χ2v) is 3.06. The lowest BCUT2D eigenvalue weighted by molar-refractivity contribution is 0.532. The molecule has 2 heteroatoms. The molecule has 2 rings (SSSR count). The van der Waals surface area contributed by atoms with Gasteiger partial charge in [-0.2, -0.15) is 5.26 Å². The van der Waals surface area contributed by atoms with Crippen LogP contribution >= 0.6 is 0 Å². The van der Waals surface area contributed by atoms with Gasteiger partial charge in [-0.1, -0.05) is 30.3 Å². The summed E-state index contributed by atoms with van der Waals surface area (Å²) in [7, 11) is 0. The number of benzene rings is 1. The molecule has 0 spiro atoms. The zero-order valence-corrected chi connectivity index (χ0v) is 6.77. The molecule has 12 heavy (non-hydrogen) atoms. The Morgan fingerprint density at radius 3 is 2.75 bits per heavy atom. The third-order valence-electron chi connectivity index (χ3n) is 2.09. The van der Waals surface area contributed by atoms with Crippen LogP contribution in [0.5, 0.6) is 0 Å². The van der Waals surface area contributed by atoms with E-state index in [4.69, 9.17) is 5.26 Å². The minimum atomic E-state index is 0.171. The minimum absolute atomic E-state index is 0.171. The molecular formula is C10H10N2. The first-order valence-electron chi connectivity index (χ1n) is 4.08. The Kier molecular flexibility index (Phi) is 1.81. The van der Waals surface area contributed by atoms with Crippen LogP contribution in [0.25, 0.3) is 0 Å². The number of rotatable bonds is 2. The van der Waals surface area contributed by atoms with Crippen LogP contribution in [-0.2, 0) is 6.54 Å². The van der Waals surface area contributed by atoms with Crippen molar-refractivity contribution in [2.75, 3.05) is 6.54 Å². The molecule has 0 bridgehead atoms. The summed E-state index contributed by atoms with van der Waals surface area (Å²) in [5.74, 6) is 0. The summed E-state index contributed by atoms with van der Waals surface area (Å²) in [6.45, 7) is 1.85. The van der Waals surface area contributed by atoms with Gasteiger partial charge in [0.15, 0.2) is 0 Å². The summed E-state index contributed by atoms with van der Waals surface area (Å²) in [5.41, 5.74) is 1.29. The molecule has 0 aliphatic carbocycles. The highest BCUT2D eigenvalue weighted by molar-refractivity contribution is 5.17. The van der Waals surface area contributed by atoms with E-state index in [0.29, 0.717) is 0 Å². The second kappa shape index (κ2) is 2.96. The zero-order chi connectivity index (χ0) is 8.39. The molecule has 2 nitrogen and oxygen atoms in total. The van der Waals surface area contributed by atoms with Crippen LogP contribution in [0.4, 0.5) is 0 Å². The fraction of sp³-hybridized carbons (Fsp3) is 0.300. The Hall–Kier alpha value is -1.33. The fourth-order valence-corrected chi connectivity index (χ4v) is 1.29. The van der Waals surface area contributed by atoms with E-state index in [1.807, 2.05) is 18.2 Å². The van der Waals surface area contributed by atoms with Crippen LogP contribution < -0.4 is 0 Å². The molecule has 1 heterocycles. The number of hydrogen-bond acceptors (Lipinski definition) is 2. The molecule has 0 N–H and O–H groups in total. The molecule has 60 valence electrons. The summed E-state index contributed by atoms with van der Waals surface area (Å²) in [6.07, 6.45) is 0. The van der Waals surface area contributed by atoms with Crippen molar-refractivity contribution in [2.24, 2.45) is 0 Å². The van der Waals surface area contributed by atoms with Gasteiger partial charge in [-0.05, 0) is 5.56 Å². The van der Waals surface area contributed by atoms with E-state index >= 15 is 0 Å². The Morgan fingerprint density at radius 1 is 1.42 bits per heavy atom. The van der Waals surface area contributed by atoms with Crippen LogP contribution in [0.1, 0.15) is 5.56 Å². The van der Waals surface area contributed by atoms with Gasteiger partial charge in [-0.3, -0.25) is 4.90 Å². The van der Waals surface area contributed by atoms with Gasteiger partial charge < -0.3 is 0 Å². The third-order valence-corrected chi connectivity index (χ3v) is 2.09. The maximum Gasteiger partial charge on any atom is 0.111 e. The number of nitriles is 1. The molecule has 1 aromatic rings. The van der Waals surface area contributed by atoms with E-state index < -0.39 is 0 Å². The van der Waals surface area contributed by atoms with Crippen molar-refractivity contribution in [1.82, 2.24) is 4.90 Å². The molecule has 2 atom stereocenters. The smallest absolute Gasteiger partial charge is 0.111 e.